The Bertz CT molecular complexity index is 655. The van der Waals surface area contributed by atoms with Gasteiger partial charge in [0.15, 0.2) is 0 Å². The normalized spacial score (nSPS) is 17.5. The quantitative estimate of drug-likeness (QED) is 0.762. The van der Waals surface area contributed by atoms with E-state index in [4.69, 9.17) is 0 Å². The molecule has 0 N–H and O–H groups in total. The van der Waals surface area contributed by atoms with Gasteiger partial charge in [-0.3, -0.25) is 9.79 Å². The number of hydrogen-bond acceptors (Lipinski definition) is 2. The number of allylic oxidation sites excluding steroid dienone is 3. The third kappa shape index (κ3) is 3.35. The van der Waals surface area contributed by atoms with Crippen LogP contribution in [0.25, 0.3) is 0 Å². The van der Waals surface area contributed by atoms with Crippen molar-refractivity contribution in [1.29, 1.82) is 0 Å². The van der Waals surface area contributed by atoms with E-state index >= 15 is 0 Å². The number of benzene rings is 1. The van der Waals surface area contributed by atoms with Gasteiger partial charge in [-0.05, 0) is 51.5 Å². The van der Waals surface area contributed by atoms with Crippen LogP contribution in [0.5, 0.6) is 0 Å². The van der Waals surface area contributed by atoms with E-state index in [0.29, 0.717) is 23.7 Å². The molecule has 22 heavy (non-hydrogen) atoms. The summed E-state index contributed by atoms with van der Waals surface area (Å²) in [5.74, 6) is 0.389. The van der Waals surface area contributed by atoms with Gasteiger partial charge < -0.3 is 4.90 Å². The summed E-state index contributed by atoms with van der Waals surface area (Å²) in [6.07, 6.45) is 5.51. The average molecular weight is 296 g/mol. The van der Waals surface area contributed by atoms with Crippen LogP contribution in [-0.4, -0.2) is 31.1 Å². The van der Waals surface area contributed by atoms with Crippen molar-refractivity contribution in [2.24, 2.45) is 10.9 Å². The van der Waals surface area contributed by atoms with Gasteiger partial charge in [-0.15, -0.1) is 0 Å². The Balaban J connectivity index is 2.16. The number of hydrogen-bond donors (Lipinski definition) is 0. The molecule has 0 aromatic heterocycles. The van der Waals surface area contributed by atoms with Gasteiger partial charge in [0.25, 0.3) is 5.91 Å². The Hall–Kier alpha value is -2.16. The van der Waals surface area contributed by atoms with Crippen molar-refractivity contribution in [3.05, 3.63) is 52.6 Å². The zero-order valence-corrected chi connectivity index (χ0v) is 13.9. The summed E-state index contributed by atoms with van der Waals surface area (Å²) < 4.78 is 0. The number of rotatable bonds is 4. The fraction of sp³-hybridized carbons (Fsp3) is 0.368. The number of carbonyl (C=O) groups excluding carboxylic acids is 1. The molecule has 116 valence electrons. The van der Waals surface area contributed by atoms with Crippen molar-refractivity contribution in [3.8, 4) is 0 Å². The highest BCUT2D eigenvalue weighted by atomic mass is 16.2. The summed E-state index contributed by atoms with van der Waals surface area (Å²) in [6.45, 7) is 10.5. The van der Waals surface area contributed by atoms with Crippen LogP contribution in [0.15, 0.2) is 46.5 Å². The molecule has 0 spiro atoms. The van der Waals surface area contributed by atoms with Gasteiger partial charge in [0.05, 0.1) is 11.3 Å². The minimum Gasteiger partial charge on any atom is -0.341 e. The highest BCUT2D eigenvalue weighted by Gasteiger charge is 2.21. The minimum atomic E-state index is 0.0119. The van der Waals surface area contributed by atoms with Crippen molar-refractivity contribution in [1.82, 2.24) is 4.90 Å². The fourth-order valence-corrected chi connectivity index (χ4v) is 2.86. The third-order valence-corrected chi connectivity index (χ3v) is 4.32. The molecule has 1 aliphatic rings. The van der Waals surface area contributed by atoms with Crippen LogP contribution in [-0.2, 0) is 0 Å². The first-order valence-electron chi connectivity index (χ1n) is 7.61. The lowest BCUT2D eigenvalue weighted by Gasteiger charge is -2.25. The lowest BCUT2D eigenvalue weighted by molar-refractivity contribution is 0.0781. The average Bonchev–Trinajstić information content (AvgIpc) is 2.50. The second kappa shape index (κ2) is 6.73. The molecule has 2 rings (SSSR count). The molecule has 0 radical (unpaired) electrons. The van der Waals surface area contributed by atoms with Crippen LogP contribution < -0.4 is 0 Å². The predicted octanol–water partition coefficient (Wildman–Crippen LogP) is 4.31. The van der Waals surface area contributed by atoms with Crippen molar-refractivity contribution < 1.29 is 4.79 Å². The zero-order valence-electron chi connectivity index (χ0n) is 13.9. The zero-order chi connectivity index (χ0) is 16.3. The van der Waals surface area contributed by atoms with Gasteiger partial charge in [-0.25, -0.2) is 0 Å². The highest BCUT2D eigenvalue weighted by Crippen LogP contribution is 2.26. The predicted molar refractivity (Wildman–Crippen MR) is 93.0 cm³/mol. The Kier molecular flexibility index (Phi) is 4.96. The van der Waals surface area contributed by atoms with Gasteiger partial charge in [0.2, 0.25) is 0 Å². The molecule has 3 nitrogen and oxygen atoms in total. The summed E-state index contributed by atoms with van der Waals surface area (Å²) >= 11 is 0. The van der Waals surface area contributed by atoms with Crippen molar-refractivity contribution >= 4 is 18.3 Å². The minimum absolute atomic E-state index is 0.0119. The van der Waals surface area contributed by atoms with Crippen molar-refractivity contribution in [2.75, 3.05) is 13.6 Å². The molecule has 0 saturated carbocycles. The summed E-state index contributed by atoms with van der Waals surface area (Å²) in [5.41, 5.74) is 4.89. The molecule has 3 heteroatoms. The first kappa shape index (κ1) is 16.2. The van der Waals surface area contributed by atoms with E-state index in [0.717, 1.165) is 12.0 Å². The Labute approximate surface area is 133 Å². The van der Waals surface area contributed by atoms with Crippen LogP contribution in [0.2, 0.25) is 0 Å². The van der Waals surface area contributed by atoms with Gasteiger partial charge in [-0.2, -0.15) is 0 Å². The number of nitrogens with zero attached hydrogens (tertiary/aromatic N) is 2. The van der Waals surface area contributed by atoms with E-state index in [1.807, 2.05) is 32.2 Å². The third-order valence-electron chi connectivity index (χ3n) is 4.32. The van der Waals surface area contributed by atoms with Crippen LogP contribution in [0.4, 0.5) is 5.69 Å². The number of carbonyl (C=O) groups is 1. The maximum Gasteiger partial charge on any atom is 0.256 e. The number of amides is 1. The van der Waals surface area contributed by atoms with E-state index < -0.39 is 0 Å². The molecular formula is C19H24N2O. The van der Waals surface area contributed by atoms with E-state index in [-0.39, 0.29) is 5.91 Å². The van der Waals surface area contributed by atoms with Gasteiger partial charge in [-0.1, -0.05) is 35.4 Å². The molecule has 1 amide bonds. The van der Waals surface area contributed by atoms with Crippen LogP contribution in [0.1, 0.15) is 36.2 Å². The monoisotopic (exact) mass is 296 g/mol. The van der Waals surface area contributed by atoms with Gasteiger partial charge in [0, 0.05) is 13.6 Å². The smallest absolute Gasteiger partial charge is 0.256 e. The highest BCUT2D eigenvalue weighted by molar-refractivity contribution is 6.00. The van der Waals surface area contributed by atoms with Gasteiger partial charge in [0.1, 0.15) is 0 Å². The molecule has 1 unspecified atom stereocenters. The second-order valence-electron chi connectivity index (χ2n) is 6.05. The molecule has 0 saturated heterocycles. The standard InChI is InChI=1S/C19H24N2O/c1-13-9-10-16(11-15(13)3)12-21(5)19(22)18-14(2)7-6-8-17(18)20-4/h6-9,11,16H,4,10,12H2,1-3,5H3. The molecule has 0 aliphatic heterocycles. The first-order chi connectivity index (χ1) is 10.4. The Morgan fingerprint density at radius 3 is 2.68 bits per heavy atom. The largest absolute Gasteiger partial charge is 0.341 e. The lowest BCUT2D eigenvalue weighted by Crippen LogP contribution is -2.32. The maximum absolute atomic E-state index is 12.8. The molecule has 1 aromatic rings. The lowest BCUT2D eigenvalue weighted by atomic mass is 9.91. The topological polar surface area (TPSA) is 32.7 Å². The van der Waals surface area contributed by atoms with Crippen molar-refractivity contribution in [2.45, 2.75) is 27.2 Å². The summed E-state index contributed by atoms with van der Waals surface area (Å²) in [5, 5.41) is 0. The SMILES string of the molecule is C=Nc1cccc(C)c1C(=O)N(C)CC1C=C(C)C(C)=CC1. The molecule has 1 atom stereocenters. The Morgan fingerprint density at radius 2 is 2.05 bits per heavy atom. The van der Waals surface area contributed by atoms with E-state index in [1.165, 1.54) is 11.1 Å². The summed E-state index contributed by atoms with van der Waals surface area (Å²) in [6, 6.07) is 5.67. The molecular weight excluding hydrogens is 272 g/mol. The number of aryl methyl sites for hydroxylation is 1. The Morgan fingerprint density at radius 1 is 1.32 bits per heavy atom. The second-order valence-corrected chi connectivity index (χ2v) is 6.05. The molecule has 1 aliphatic carbocycles. The fourth-order valence-electron chi connectivity index (χ4n) is 2.86. The molecule has 1 aromatic carbocycles. The maximum atomic E-state index is 12.8. The van der Waals surface area contributed by atoms with Crippen LogP contribution in [0, 0.1) is 12.8 Å². The molecule has 0 bridgehead atoms. The first-order valence-corrected chi connectivity index (χ1v) is 7.61. The number of aliphatic imine (C=N–C) groups is 1. The van der Waals surface area contributed by atoms with Gasteiger partial charge >= 0.3 is 0 Å². The van der Waals surface area contributed by atoms with E-state index in [9.17, 15) is 4.79 Å². The summed E-state index contributed by atoms with van der Waals surface area (Å²) in [7, 11) is 1.86. The van der Waals surface area contributed by atoms with Crippen LogP contribution in [0.3, 0.4) is 0 Å². The van der Waals surface area contributed by atoms with E-state index in [2.05, 4.69) is 37.7 Å². The molecule has 0 heterocycles. The summed E-state index contributed by atoms with van der Waals surface area (Å²) in [4.78, 5) is 18.5. The van der Waals surface area contributed by atoms with Crippen molar-refractivity contribution in [3.63, 3.8) is 0 Å². The van der Waals surface area contributed by atoms with Crippen LogP contribution >= 0.6 is 0 Å². The molecule has 0 fully saturated rings. The van der Waals surface area contributed by atoms with E-state index in [1.54, 1.807) is 4.90 Å².